The summed E-state index contributed by atoms with van der Waals surface area (Å²) in [5.41, 5.74) is 13.0. The molecule has 1 aliphatic heterocycles. The number of carbonyl (C=O) groups excluding carboxylic acids is 2. The third kappa shape index (κ3) is 5.43. The van der Waals surface area contributed by atoms with Crippen LogP contribution in [0.1, 0.15) is 44.2 Å². The van der Waals surface area contributed by atoms with Crippen molar-refractivity contribution in [1.82, 2.24) is 10.2 Å². The van der Waals surface area contributed by atoms with Gasteiger partial charge in [-0.3, -0.25) is 9.59 Å². The van der Waals surface area contributed by atoms with Crippen LogP contribution < -0.4 is 16.8 Å². The fourth-order valence-electron chi connectivity index (χ4n) is 3.28. The summed E-state index contributed by atoms with van der Waals surface area (Å²) in [5.74, 6) is 0.0396. The summed E-state index contributed by atoms with van der Waals surface area (Å²) in [4.78, 5) is 26.8. The average Bonchev–Trinajstić information content (AvgIpc) is 3.14. The maximum Gasteiger partial charge on any atom is 0.243 e. The number of nitrogens with two attached hydrogens (primary N) is 2. The van der Waals surface area contributed by atoms with E-state index in [-0.39, 0.29) is 17.6 Å². The molecule has 1 aromatic carbocycles. The molecule has 0 radical (unpaired) electrons. The number of hydrogen-bond donors (Lipinski definition) is 4. The molecule has 1 fully saturated rings. The van der Waals surface area contributed by atoms with E-state index in [1.807, 2.05) is 13.8 Å². The van der Waals surface area contributed by atoms with E-state index < -0.39 is 12.1 Å². The first kappa shape index (κ1) is 20.7. The highest BCUT2D eigenvalue weighted by atomic mass is 16.4. The second kappa shape index (κ2) is 9.36. The second-order valence-corrected chi connectivity index (χ2v) is 7.33. The number of amides is 2. The van der Waals surface area contributed by atoms with Crippen molar-refractivity contribution in [3.8, 4) is 0 Å². The SMILES string of the molecule is CC(C)CC(N)C(=O)N1CCC[C@H]1C(=O)NCc1ccc(C(N)=NO)cc1. The van der Waals surface area contributed by atoms with Gasteiger partial charge in [0.1, 0.15) is 6.04 Å². The minimum Gasteiger partial charge on any atom is -0.409 e. The van der Waals surface area contributed by atoms with E-state index in [0.29, 0.717) is 37.4 Å². The lowest BCUT2D eigenvalue weighted by Gasteiger charge is -2.27. The summed E-state index contributed by atoms with van der Waals surface area (Å²) >= 11 is 0. The van der Waals surface area contributed by atoms with Crippen molar-refractivity contribution < 1.29 is 14.8 Å². The highest BCUT2D eigenvalue weighted by Crippen LogP contribution is 2.20. The van der Waals surface area contributed by atoms with E-state index in [1.165, 1.54) is 0 Å². The zero-order valence-electron chi connectivity index (χ0n) is 15.9. The summed E-state index contributed by atoms with van der Waals surface area (Å²) in [6.45, 7) is 4.95. The van der Waals surface area contributed by atoms with Crippen molar-refractivity contribution in [1.29, 1.82) is 0 Å². The normalized spacial score (nSPS) is 18.6. The predicted octanol–water partition coefficient (Wildman–Crippen LogP) is 0.762. The van der Waals surface area contributed by atoms with E-state index in [4.69, 9.17) is 16.7 Å². The Balaban J connectivity index is 1.93. The Labute approximate surface area is 159 Å². The number of likely N-dealkylation sites (tertiary alicyclic amines) is 1. The Morgan fingerprint density at radius 3 is 2.59 bits per heavy atom. The second-order valence-electron chi connectivity index (χ2n) is 7.33. The van der Waals surface area contributed by atoms with Gasteiger partial charge in [0.05, 0.1) is 6.04 Å². The monoisotopic (exact) mass is 375 g/mol. The molecule has 2 rings (SSSR count). The molecule has 1 unspecified atom stereocenters. The van der Waals surface area contributed by atoms with E-state index in [1.54, 1.807) is 29.2 Å². The molecule has 2 amide bonds. The van der Waals surface area contributed by atoms with Crippen LogP contribution in [-0.2, 0) is 16.1 Å². The molecule has 6 N–H and O–H groups in total. The van der Waals surface area contributed by atoms with Crippen LogP contribution >= 0.6 is 0 Å². The first-order chi connectivity index (χ1) is 12.8. The van der Waals surface area contributed by atoms with Crippen LogP contribution in [0, 0.1) is 5.92 Å². The standard InChI is InChI=1S/C19H29N5O3/c1-12(2)10-15(20)19(26)24-9-3-4-16(24)18(25)22-11-13-5-7-14(8-6-13)17(21)23-27/h5-8,12,15-16,27H,3-4,9-11,20H2,1-2H3,(H2,21,23)(H,22,25)/t15?,16-/m0/s1. The Bertz CT molecular complexity index is 687. The van der Waals surface area contributed by atoms with Crippen molar-refractivity contribution in [2.24, 2.45) is 22.5 Å². The minimum atomic E-state index is -0.565. The smallest absolute Gasteiger partial charge is 0.243 e. The Morgan fingerprint density at radius 1 is 1.33 bits per heavy atom. The number of rotatable bonds is 7. The molecule has 1 saturated heterocycles. The average molecular weight is 375 g/mol. The topological polar surface area (TPSA) is 134 Å². The van der Waals surface area contributed by atoms with Crippen LogP contribution in [0.5, 0.6) is 0 Å². The van der Waals surface area contributed by atoms with Crippen LogP contribution in [-0.4, -0.2) is 46.4 Å². The van der Waals surface area contributed by atoms with Gasteiger partial charge in [-0.1, -0.05) is 43.3 Å². The highest BCUT2D eigenvalue weighted by Gasteiger charge is 2.36. The molecule has 0 aromatic heterocycles. The molecule has 0 spiro atoms. The summed E-state index contributed by atoms with van der Waals surface area (Å²) < 4.78 is 0. The van der Waals surface area contributed by atoms with Crippen molar-refractivity contribution in [2.45, 2.75) is 51.7 Å². The lowest BCUT2D eigenvalue weighted by Crippen LogP contribution is -2.51. The molecule has 1 aromatic rings. The van der Waals surface area contributed by atoms with Gasteiger partial charge in [-0.2, -0.15) is 0 Å². The summed E-state index contributed by atoms with van der Waals surface area (Å²) in [6.07, 6.45) is 2.05. The van der Waals surface area contributed by atoms with Crippen LogP contribution in [0.3, 0.4) is 0 Å². The van der Waals surface area contributed by atoms with E-state index in [2.05, 4.69) is 10.5 Å². The van der Waals surface area contributed by atoms with Crippen LogP contribution in [0.15, 0.2) is 29.4 Å². The Hall–Kier alpha value is -2.61. The number of benzene rings is 1. The molecular formula is C19H29N5O3. The summed E-state index contributed by atoms with van der Waals surface area (Å²) in [7, 11) is 0. The first-order valence-electron chi connectivity index (χ1n) is 9.24. The maximum atomic E-state index is 12.6. The molecule has 148 valence electrons. The molecule has 1 heterocycles. The van der Waals surface area contributed by atoms with Gasteiger partial charge >= 0.3 is 0 Å². The van der Waals surface area contributed by atoms with Crippen molar-refractivity contribution in [3.05, 3.63) is 35.4 Å². The number of nitrogens with one attached hydrogen (secondary N) is 1. The number of hydrogen-bond acceptors (Lipinski definition) is 5. The van der Waals surface area contributed by atoms with Crippen LogP contribution in [0.2, 0.25) is 0 Å². The Morgan fingerprint density at radius 2 is 2.00 bits per heavy atom. The van der Waals surface area contributed by atoms with E-state index in [0.717, 1.165) is 12.0 Å². The van der Waals surface area contributed by atoms with E-state index in [9.17, 15) is 9.59 Å². The van der Waals surface area contributed by atoms with Gasteiger partial charge in [0.2, 0.25) is 11.8 Å². The van der Waals surface area contributed by atoms with E-state index >= 15 is 0 Å². The predicted molar refractivity (Wildman–Crippen MR) is 103 cm³/mol. The van der Waals surface area contributed by atoms with Gasteiger partial charge in [0.25, 0.3) is 0 Å². The van der Waals surface area contributed by atoms with Crippen molar-refractivity contribution >= 4 is 17.6 Å². The summed E-state index contributed by atoms with van der Waals surface area (Å²) in [6, 6.07) is 5.99. The highest BCUT2D eigenvalue weighted by molar-refractivity contribution is 5.97. The number of oxime groups is 1. The Kier molecular flexibility index (Phi) is 7.18. The molecule has 0 bridgehead atoms. The zero-order chi connectivity index (χ0) is 20.0. The third-order valence-electron chi connectivity index (χ3n) is 4.71. The first-order valence-corrected chi connectivity index (χ1v) is 9.24. The molecule has 2 atom stereocenters. The molecule has 0 saturated carbocycles. The molecular weight excluding hydrogens is 346 g/mol. The van der Waals surface area contributed by atoms with Crippen LogP contribution in [0.25, 0.3) is 0 Å². The molecule has 1 aliphatic rings. The lowest BCUT2D eigenvalue weighted by atomic mass is 10.0. The molecule has 8 nitrogen and oxygen atoms in total. The maximum absolute atomic E-state index is 12.6. The number of carbonyl (C=O) groups is 2. The molecule has 27 heavy (non-hydrogen) atoms. The van der Waals surface area contributed by atoms with Crippen molar-refractivity contribution in [3.63, 3.8) is 0 Å². The quantitative estimate of drug-likeness (QED) is 0.242. The van der Waals surface area contributed by atoms with Gasteiger partial charge in [0.15, 0.2) is 5.84 Å². The lowest BCUT2D eigenvalue weighted by molar-refractivity contribution is -0.139. The van der Waals surface area contributed by atoms with Crippen LogP contribution in [0.4, 0.5) is 0 Å². The zero-order valence-corrected chi connectivity index (χ0v) is 15.9. The van der Waals surface area contributed by atoms with Crippen molar-refractivity contribution in [2.75, 3.05) is 6.54 Å². The number of nitrogens with zero attached hydrogens (tertiary/aromatic N) is 2. The largest absolute Gasteiger partial charge is 0.409 e. The fraction of sp³-hybridized carbons (Fsp3) is 0.526. The molecule has 8 heteroatoms. The van der Waals surface area contributed by atoms with Gasteiger partial charge in [-0.15, -0.1) is 0 Å². The summed E-state index contributed by atoms with van der Waals surface area (Å²) in [5, 5.41) is 14.5. The van der Waals surface area contributed by atoms with Gasteiger partial charge in [-0.25, -0.2) is 0 Å². The van der Waals surface area contributed by atoms with Gasteiger partial charge < -0.3 is 26.9 Å². The van der Waals surface area contributed by atoms with Gasteiger partial charge in [-0.05, 0) is 30.7 Å². The van der Waals surface area contributed by atoms with Gasteiger partial charge in [0, 0.05) is 18.7 Å². The molecule has 0 aliphatic carbocycles. The number of amidine groups is 1. The fourth-order valence-corrected chi connectivity index (χ4v) is 3.28. The third-order valence-corrected chi connectivity index (χ3v) is 4.71. The minimum absolute atomic E-state index is 0.0310.